The highest BCUT2D eigenvalue weighted by atomic mass is 35.5. The minimum absolute atomic E-state index is 0.0101. The third-order valence-corrected chi connectivity index (χ3v) is 5.51. The number of carbonyl (C=O) groups excluding carboxylic acids is 2. The Balaban J connectivity index is 1.62. The largest absolute Gasteiger partial charge is 0.508 e. The van der Waals surface area contributed by atoms with E-state index in [2.05, 4.69) is 15.4 Å². The number of carbonyl (C=O) groups is 2. The lowest BCUT2D eigenvalue weighted by Crippen LogP contribution is -2.32. The number of aromatic hydroxyl groups is 1. The molecule has 0 aliphatic carbocycles. The number of nitrogens with one attached hydrogen (secondary N) is 3. The second-order valence-corrected chi connectivity index (χ2v) is 8.32. The van der Waals surface area contributed by atoms with Crippen molar-refractivity contribution in [3.05, 3.63) is 59.1 Å². The molecule has 2 aromatic carbocycles. The minimum atomic E-state index is -3.73. The summed E-state index contributed by atoms with van der Waals surface area (Å²) in [5.74, 6) is -0.614. The van der Waals surface area contributed by atoms with E-state index < -0.39 is 10.0 Å². The Kier molecular flexibility index (Phi) is 8.44. The summed E-state index contributed by atoms with van der Waals surface area (Å²) in [6.07, 6.45) is 0.486. The van der Waals surface area contributed by atoms with Crippen molar-refractivity contribution in [3.63, 3.8) is 0 Å². The molecule has 10 heteroatoms. The van der Waals surface area contributed by atoms with Gasteiger partial charge in [0.15, 0.2) is 0 Å². The van der Waals surface area contributed by atoms with Crippen LogP contribution >= 0.6 is 11.6 Å². The van der Waals surface area contributed by atoms with Gasteiger partial charge in [-0.1, -0.05) is 23.7 Å². The summed E-state index contributed by atoms with van der Waals surface area (Å²) < 4.78 is 26.6. The summed E-state index contributed by atoms with van der Waals surface area (Å²) >= 11 is 5.79. The van der Waals surface area contributed by atoms with Crippen LogP contribution in [0.15, 0.2) is 53.4 Å². The fraction of sp³-hybridized carbons (Fsp3) is 0.263. The fourth-order valence-electron chi connectivity index (χ4n) is 2.37. The fourth-order valence-corrected chi connectivity index (χ4v) is 3.70. The average Bonchev–Trinajstić information content (AvgIpc) is 2.67. The van der Waals surface area contributed by atoms with Crippen molar-refractivity contribution in [2.45, 2.75) is 17.7 Å². The summed E-state index contributed by atoms with van der Waals surface area (Å²) in [5.41, 5.74) is 0.348. The Labute approximate surface area is 174 Å². The molecule has 0 aromatic heterocycles. The SMILES string of the molecule is O=C(CCNS(=O)(=O)c1cccc(Cl)c1)NCCCNC(=O)c1cccc(O)c1. The molecule has 0 bridgehead atoms. The highest BCUT2D eigenvalue weighted by molar-refractivity contribution is 7.89. The van der Waals surface area contributed by atoms with Gasteiger partial charge < -0.3 is 15.7 Å². The Morgan fingerprint density at radius 1 is 0.966 bits per heavy atom. The lowest BCUT2D eigenvalue weighted by Gasteiger charge is -2.09. The van der Waals surface area contributed by atoms with Crippen LogP contribution < -0.4 is 15.4 Å². The molecule has 156 valence electrons. The van der Waals surface area contributed by atoms with Gasteiger partial charge in [0.05, 0.1) is 4.90 Å². The van der Waals surface area contributed by atoms with Crippen molar-refractivity contribution < 1.29 is 23.1 Å². The summed E-state index contributed by atoms with van der Waals surface area (Å²) in [6, 6.07) is 11.8. The Morgan fingerprint density at radius 2 is 1.69 bits per heavy atom. The van der Waals surface area contributed by atoms with Crippen molar-refractivity contribution in [2.24, 2.45) is 0 Å². The third kappa shape index (κ3) is 7.72. The molecule has 0 spiro atoms. The van der Waals surface area contributed by atoms with E-state index in [0.29, 0.717) is 30.1 Å². The second-order valence-electron chi connectivity index (χ2n) is 6.11. The molecule has 4 N–H and O–H groups in total. The molecule has 2 amide bonds. The summed E-state index contributed by atoms with van der Waals surface area (Å²) in [5, 5.41) is 15.0. The predicted octanol–water partition coefficient (Wildman–Crippen LogP) is 1.65. The van der Waals surface area contributed by atoms with E-state index in [0.717, 1.165) is 0 Å². The van der Waals surface area contributed by atoms with Crippen molar-refractivity contribution in [1.29, 1.82) is 0 Å². The van der Waals surface area contributed by atoms with Gasteiger partial charge in [-0.2, -0.15) is 0 Å². The van der Waals surface area contributed by atoms with Crippen molar-refractivity contribution >= 4 is 33.4 Å². The quantitative estimate of drug-likeness (QED) is 0.419. The first-order valence-corrected chi connectivity index (χ1v) is 10.7. The van der Waals surface area contributed by atoms with Gasteiger partial charge in [-0.25, -0.2) is 13.1 Å². The number of rotatable bonds is 10. The van der Waals surface area contributed by atoms with Gasteiger partial charge in [0.1, 0.15) is 5.75 Å². The van der Waals surface area contributed by atoms with Gasteiger partial charge >= 0.3 is 0 Å². The molecule has 0 aliphatic heterocycles. The summed E-state index contributed by atoms with van der Waals surface area (Å²) in [6.45, 7) is 0.630. The van der Waals surface area contributed by atoms with E-state index in [-0.39, 0.29) is 35.4 Å². The number of amides is 2. The summed E-state index contributed by atoms with van der Waals surface area (Å²) in [4.78, 5) is 23.7. The molecule has 0 saturated carbocycles. The standard InChI is InChI=1S/C19H22ClN3O5S/c20-15-5-2-7-17(13-15)29(27,28)23-11-8-18(25)21-9-3-10-22-19(26)14-4-1-6-16(24)12-14/h1-2,4-7,12-13,23-24H,3,8-11H2,(H,21,25)(H,22,26). The minimum Gasteiger partial charge on any atom is -0.508 e. The van der Waals surface area contributed by atoms with Crippen LogP contribution in [0.3, 0.4) is 0 Å². The molecule has 0 radical (unpaired) electrons. The Morgan fingerprint density at radius 3 is 2.41 bits per heavy atom. The molecular formula is C19H22ClN3O5S. The first kappa shape index (κ1) is 22.7. The van der Waals surface area contributed by atoms with Crippen molar-refractivity contribution in [1.82, 2.24) is 15.4 Å². The number of phenols is 1. The van der Waals surface area contributed by atoms with Gasteiger partial charge in [0, 0.05) is 36.6 Å². The lowest BCUT2D eigenvalue weighted by atomic mass is 10.2. The zero-order valence-electron chi connectivity index (χ0n) is 15.5. The first-order chi connectivity index (χ1) is 13.8. The van der Waals surface area contributed by atoms with E-state index in [4.69, 9.17) is 11.6 Å². The lowest BCUT2D eigenvalue weighted by molar-refractivity contribution is -0.120. The summed E-state index contributed by atoms with van der Waals surface area (Å²) in [7, 11) is -3.73. The molecule has 0 saturated heterocycles. The van der Waals surface area contributed by atoms with E-state index in [1.54, 1.807) is 18.2 Å². The van der Waals surface area contributed by atoms with Crippen LogP contribution in [0.2, 0.25) is 5.02 Å². The Bertz CT molecular complexity index is 966. The van der Waals surface area contributed by atoms with Gasteiger partial charge in [-0.3, -0.25) is 9.59 Å². The predicted molar refractivity (Wildman–Crippen MR) is 109 cm³/mol. The maximum absolute atomic E-state index is 12.1. The van der Waals surface area contributed by atoms with E-state index in [1.165, 1.54) is 30.3 Å². The highest BCUT2D eigenvalue weighted by Crippen LogP contribution is 2.15. The van der Waals surface area contributed by atoms with Crippen LogP contribution in [0.5, 0.6) is 5.75 Å². The van der Waals surface area contributed by atoms with Gasteiger partial charge in [0.2, 0.25) is 15.9 Å². The molecule has 2 rings (SSSR count). The average molecular weight is 440 g/mol. The first-order valence-electron chi connectivity index (χ1n) is 8.87. The van der Waals surface area contributed by atoms with Crippen LogP contribution in [-0.4, -0.2) is 45.0 Å². The molecular weight excluding hydrogens is 418 g/mol. The van der Waals surface area contributed by atoms with E-state index in [9.17, 15) is 23.1 Å². The van der Waals surface area contributed by atoms with Crippen LogP contribution in [0.4, 0.5) is 0 Å². The number of hydrogen-bond acceptors (Lipinski definition) is 5. The van der Waals surface area contributed by atoms with Crippen LogP contribution in [0.1, 0.15) is 23.2 Å². The zero-order chi connectivity index (χ0) is 21.3. The van der Waals surface area contributed by atoms with Crippen LogP contribution in [0.25, 0.3) is 0 Å². The number of phenolic OH excluding ortho intramolecular Hbond substituents is 1. The van der Waals surface area contributed by atoms with Crippen molar-refractivity contribution in [2.75, 3.05) is 19.6 Å². The topological polar surface area (TPSA) is 125 Å². The molecule has 29 heavy (non-hydrogen) atoms. The maximum atomic E-state index is 12.1. The maximum Gasteiger partial charge on any atom is 0.251 e. The van der Waals surface area contributed by atoms with E-state index in [1.807, 2.05) is 0 Å². The van der Waals surface area contributed by atoms with Gasteiger partial charge in [0.25, 0.3) is 5.91 Å². The number of sulfonamides is 1. The molecule has 0 fully saturated rings. The second kappa shape index (κ2) is 10.8. The third-order valence-electron chi connectivity index (χ3n) is 3.82. The molecule has 0 heterocycles. The molecule has 2 aromatic rings. The van der Waals surface area contributed by atoms with Gasteiger partial charge in [-0.15, -0.1) is 0 Å². The Hall–Kier alpha value is -2.62. The zero-order valence-corrected chi connectivity index (χ0v) is 17.1. The number of benzene rings is 2. The normalized spacial score (nSPS) is 11.1. The van der Waals surface area contributed by atoms with E-state index >= 15 is 0 Å². The van der Waals surface area contributed by atoms with Crippen LogP contribution in [-0.2, 0) is 14.8 Å². The molecule has 0 unspecified atom stereocenters. The van der Waals surface area contributed by atoms with Crippen LogP contribution in [0, 0.1) is 0 Å². The number of hydrogen-bond donors (Lipinski definition) is 4. The number of halogens is 1. The molecule has 0 aliphatic rings. The molecule has 0 atom stereocenters. The molecule has 8 nitrogen and oxygen atoms in total. The highest BCUT2D eigenvalue weighted by Gasteiger charge is 2.14. The smallest absolute Gasteiger partial charge is 0.251 e. The van der Waals surface area contributed by atoms with Crippen molar-refractivity contribution in [3.8, 4) is 5.75 Å². The monoisotopic (exact) mass is 439 g/mol. The van der Waals surface area contributed by atoms with Gasteiger partial charge in [-0.05, 0) is 42.8 Å².